The Kier molecular flexibility index (Phi) is 1.65. The molecule has 4 nitrogen and oxygen atoms in total. The molecule has 12 heavy (non-hydrogen) atoms. The molecule has 0 saturated carbocycles. The summed E-state index contributed by atoms with van der Waals surface area (Å²) in [5, 5.41) is 0. The molecule has 60 valence electrons. The van der Waals surface area contributed by atoms with Gasteiger partial charge in [-0.15, -0.1) is 0 Å². The highest BCUT2D eigenvalue weighted by Gasteiger charge is 2.04. The number of imidazole rings is 1. The smallest absolute Gasteiger partial charge is 0.172 e. The molecular formula is C7H4BrN3O. The summed E-state index contributed by atoms with van der Waals surface area (Å²) >= 11 is 3.29. The van der Waals surface area contributed by atoms with Crippen molar-refractivity contribution in [2.24, 2.45) is 0 Å². The van der Waals surface area contributed by atoms with Crippen LogP contribution in [0.1, 0.15) is 10.5 Å². The first-order chi connectivity index (χ1) is 5.83. The van der Waals surface area contributed by atoms with Gasteiger partial charge in [0.1, 0.15) is 10.3 Å². The Balaban J connectivity index is 2.89. The van der Waals surface area contributed by atoms with E-state index in [9.17, 15) is 4.79 Å². The van der Waals surface area contributed by atoms with Crippen LogP contribution in [0.2, 0.25) is 0 Å². The zero-order valence-electron chi connectivity index (χ0n) is 5.94. The van der Waals surface area contributed by atoms with E-state index in [4.69, 9.17) is 0 Å². The van der Waals surface area contributed by atoms with E-state index in [0.29, 0.717) is 17.6 Å². The minimum Gasteiger partial charge on any atom is -0.296 e. The average Bonchev–Trinajstić information content (AvgIpc) is 2.48. The van der Waals surface area contributed by atoms with Gasteiger partial charge in [-0.25, -0.2) is 9.97 Å². The predicted molar refractivity (Wildman–Crippen MR) is 46.1 cm³/mol. The van der Waals surface area contributed by atoms with Crippen LogP contribution in [0.4, 0.5) is 0 Å². The van der Waals surface area contributed by atoms with Crippen LogP contribution < -0.4 is 0 Å². The third-order valence-corrected chi connectivity index (χ3v) is 2.11. The van der Waals surface area contributed by atoms with E-state index in [1.807, 2.05) is 0 Å². The van der Waals surface area contributed by atoms with Crippen LogP contribution >= 0.6 is 15.9 Å². The molecule has 0 spiro atoms. The summed E-state index contributed by atoms with van der Waals surface area (Å²) in [5.41, 5.74) is 0.919. The van der Waals surface area contributed by atoms with Gasteiger partial charge in [-0.05, 0) is 15.9 Å². The number of hydrogen-bond acceptors (Lipinski definition) is 3. The first-order valence-corrected chi connectivity index (χ1v) is 4.05. The van der Waals surface area contributed by atoms with Crippen molar-refractivity contribution < 1.29 is 4.79 Å². The molecule has 2 aromatic heterocycles. The molecule has 0 fully saturated rings. The van der Waals surface area contributed by atoms with Gasteiger partial charge in [0, 0.05) is 12.4 Å². The highest BCUT2D eigenvalue weighted by molar-refractivity contribution is 9.10. The Morgan fingerprint density at radius 2 is 2.33 bits per heavy atom. The second kappa shape index (κ2) is 2.67. The molecule has 0 bridgehead atoms. The maximum Gasteiger partial charge on any atom is 0.172 e. The Bertz CT molecular complexity index is 437. The van der Waals surface area contributed by atoms with Crippen molar-refractivity contribution in [1.29, 1.82) is 0 Å². The maximum atomic E-state index is 10.5. The highest BCUT2D eigenvalue weighted by atomic mass is 79.9. The fraction of sp³-hybridized carbons (Fsp3) is 0. The molecule has 0 unspecified atom stereocenters. The molecule has 0 aromatic carbocycles. The van der Waals surface area contributed by atoms with Gasteiger partial charge in [-0.3, -0.25) is 9.20 Å². The fourth-order valence-corrected chi connectivity index (χ4v) is 1.38. The summed E-state index contributed by atoms with van der Waals surface area (Å²) in [5.74, 6) is 0. The summed E-state index contributed by atoms with van der Waals surface area (Å²) in [4.78, 5) is 18.4. The van der Waals surface area contributed by atoms with Gasteiger partial charge in [0.25, 0.3) is 0 Å². The Morgan fingerprint density at radius 3 is 3.08 bits per heavy atom. The molecule has 0 atom stereocenters. The van der Waals surface area contributed by atoms with Crippen molar-refractivity contribution in [3.8, 4) is 0 Å². The number of carbonyl (C=O) groups excluding carboxylic acids is 1. The molecule has 0 N–H and O–H groups in total. The average molecular weight is 226 g/mol. The summed E-state index contributed by atoms with van der Waals surface area (Å²) in [6.07, 6.45) is 5.61. The van der Waals surface area contributed by atoms with Crippen molar-refractivity contribution in [1.82, 2.24) is 14.4 Å². The second-order valence-corrected chi connectivity index (χ2v) is 3.02. The number of rotatable bonds is 1. The van der Waals surface area contributed by atoms with E-state index in [-0.39, 0.29) is 0 Å². The lowest BCUT2D eigenvalue weighted by atomic mass is 10.5. The van der Waals surface area contributed by atoms with Gasteiger partial charge in [0.05, 0.1) is 6.20 Å². The van der Waals surface area contributed by atoms with Gasteiger partial charge >= 0.3 is 0 Å². The summed E-state index contributed by atoms with van der Waals surface area (Å²) < 4.78 is 2.56. The monoisotopic (exact) mass is 225 g/mol. The number of fused-ring (bicyclic) bond motifs is 1. The van der Waals surface area contributed by atoms with Gasteiger partial charge < -0.3 is 0 Å². The minimum absolute atomic E-state index is 0.350. The van der Waals surface area contributed by atoms with Crippen LogP contribution in [-0.4, -0.2) is 20.7 Å². The van der Waals surface area contributed by atoms with Crippen molar-refractivity contribution >= 4 is 27.9 Å². The van der Waals surface area contributed by atoms with Crippen molar-refractivity contribution in [3.05, 3.63) is 28.9 Å². The van der Waals surface area contributed by atoms with E-state index in [1.165, 1.54) is 0 Å². The Hall–Kier alpha value is -1.23. The highest BCUT2D eigenvalue weighted by Crippen LogP contribution is 2.12. The van der Waals surface area contributed by atoms with Crippen LogP contribution in [0, 0.1) is 0 Å². The number of aldehydes is 1. The molecule has 0 aliphatic rings. The third kappa shape index (κ3) is 0.937. The lowest BCUT2D eigenvalue weighted by Crippen LogP contribution is -1.93. The third-order valence-electron chi connectivity index (χ3n) is 1.52. The van der Waals surface area contributed by atoms with Gasteiger partial charge in [-0.2, -0.15) is 0 Å². The van der Waals surface area contributed by atoms with Crippen LogP contribution in [0.3, 0.4) is 0 Å². The molecule has 0 aliphatic carbocycles. The number of aromatic nitrogens is 3. The SMILES string of the molecule is O=Cc1nccn2c(Br)cnc12. The van der Waals surface area contributed by atoms with Crippen LogP contribution in [0.15, 0.2) is 23.2 Å². The zero-order chi connectivity index (χ0) is 8.55. The fourth-order valence-electron chi connectivity index (χ4n) is 0.992. The van der Waals surface area contributed by atoms with Crippen molar-refractivity contribution in [2.75, 3.05) is 0 Å². The summed E-state index contributed by atoms with van der Waals surface area (Å²) in [7, 11) is 0. The molecular weight excluding hydrogens is 222 g/mol. The molecule has 0 saturated heterocycles. The zero-order valence-corrected chi connectivity index (χ0v) is 7.52. The summed E-state index contributed by atoms with van der Waals surface area (Å²) in [6.45, 7) is 0. The Morgan fingerprint density at radius 1 is 1.50 bits per heavy atom. The number of carbonyl (C=O) groups is 1. The molecule has 2 heterocycles. The summed E-state index contributed by atoms with van der Waals surface area (Å²) in [6, 6.07) is 0. The topological polar surface area (TPSA) is 47.3 Å². The molecule has 0 aliphatic heterocycles. The van der Waals surface area contributed by atoms with Gasteiger partial charge in [0.2, 0.25) is 0 Å². The lowest BCUT2D eigenvalue weighted by Gasteiger charge is -1.94. The lowest BCUT2D eigenvalue weighted by molar-refractivity contribution is 0.112. The molecule has 5 heteroatoms. The van der Waals surface area contributed by atoms with E-state index < -0.39 is 0 Å². The number of nitrogens with zero attached hydrogens (tertiary/aromatic N) is 3. The molecule has 2 aromatic rings. The van der Waals surface area contributed by atoms with E-state index >= 15 is 0 Å². The molecule has 2 rings (SSSR count). The van der Waals surface area contributed by atoms with E-state index in [0.717, 1.165) is 4.60 Å². The largest absolute Gasteiger partial charge is 0.296 e. The number of hydrogen-bond donors (Lipinski definition) is 0. The van der Waals surface area contributed by atoms with Crippen LogP contribution in [-0.2, 0) is 0 Å². The number of halogens is 1. The standard InChI is InChI=1S/C7H4BrN3O/c8-6-3-10-7-5(4-12)9-1-2-11(6)7/h1-4H. The van der Waals surface area contributed by atoms with Crippen LogP contribution in [0.25, 0.3) is 5.65 Å². The minimum atomic E-state index is 0.350. The van der Waals surface area contributed by atoms with E-state index in [2.05, 4.69) is 25.9 Å². The first kappa shape index (κ1) is 7.42. The van der Waals surface area contributed by atoms with Gasteiger partial charge in [0.15, 0.2) is 11.9 Å². The van der Waals surface area contributed by atoms with Crippen molar-refractivity contribution in [3.63, 3.8) is 0 Å². The van der Waals surface area contributed by atoms with Crippen LogP contribution in [0.5, 0.6) is 0 Å². The maximum absolute atomic E-state index is 10.5. The predicted octanol–water partition coefficient (Wildman–Crippen LogP) is 1.30. The quantitative estimate of drug-likeness (QED) is 0.688. The Labute approximate surface area is 76.4 Å². The van der Waals surface area contributed by atoms with Crippen molar-refractivity contribution in [2.45, 2.75) is 0 Å². The molecule has 0 radical (unpaired) electrons. The molecule has 0 amide bonds. The normalized spacial score (nSPS) is 10.4. The second-order valence-electron chi connectivity index (χ2n) is 2.20. The first-order valence-electron chi connectivity index (χ1n) is 3.25. The van der Waals surface area contributed by atoms with E-state index in [1.54, 1.807) is 23.0 Å². The van der Waals surface area contributed by atoms with Gasteiger partial charge in [-0.1, -0.05) is 0 Å².